The minimum Gasteiger partial charge on any atom is -0.381 e. The highest BCUT2D eigenvalue weighted by Gasteiger charge is 2.51. The van der Waals surface area contributed by atoms with E-state index in [1.165, 1.54) is 0 Å². The number of carbonyl (C=O) groups excluding carboxylic acids is 2. The first-order valence-corrected chi connectivity index (χ1v) is 10.5. The van der Waals surface area contributed by atoms with Gasteiger partial charge < -0.3 is 15.0 Å². The maximum absolute atomic E-state index is 13.6. The fraction of sp³-hybridized carbons (Fsp3) is 0.435. The molecule has 1 spiro atoms. The molecule has 0 aliphatic carbocycles. The third kappa shape index (κ3) is 4.74. The average Bonchev–Trinajstić information content (AvgIpc) is 3.12. The second-order valence-electron chi connectivity index (χ2n) is 8.27. The Morgan fingerprint density at radius 3 is 2.48 bits per heavy atom. The molecule has 31 heavy (non-hydrogen) atoms. The molecule has 4 rings (SSSR count). The molecule has 1 aromatic carbocycles. The molecule has 0 saturated carbocycles. The summed E-state index contributed by atoms with van der Waals surface area (Å²) in [6.07, 6.45) is 5.43. The smallest absolute Gasteiger partial charge is 0.254 e. The Morgan fingerprint density at radius 1 is 1.13 bits per heavy atom. The summed E-state index contributed by atoms with van der Waals surface area (Å²) >= 11 is 0. The standard InChI is InChI=1S/C23H25F2N3O3/c24-18-11-17(12-19(25)13-18)22(30)28-14-20(23(15-28)4-9-31-10-5-23)21(29)27-8-3-16-1-6-26-7-2-16/h1-2,6-7,11-13,20H,3-5,8-10,14-15H2,(H,27,29). The van der Waals surface area contributed by atoms with Gasteiger partial charge in [-0.25, -0.2) is 8.78 Å². The van der Waals surface area contributed by atoms with E-state index in [0.29, 0.717) is 45.6 Å². The molecule has 1 N–H and O–H groups in total. The zero-order valence-electron chi connectivity index (χ0n) is 17.2. The van der Waals surface area contributed by atoms with Gasteiger partial charge in [0, 0.05) is 62.3 Å². The molecule has 2 aliphatic rings. The summed E-state index contributed by atoms with van der Waals surface area (Å²) in [4.78, 5) is 31.6. The van der Waals surface area contributed by atoms with Crippen LogP contribution in [0.1, 0.15) is 28.8 Å². The lowest BCUT2D eigenvalue weighted by Gasteiger charge is -2.37. The van der Waals surface area contributed by atoms with Crippen molar-refractivity contribution in [1.82, 2.24) is 15.2 Å². The van der Waals surface area contributed by atoms with E-state index in [0.717, 1.165) is 23.8 Å². The quantitative estimate of drug-likeness (QED) is 0.793. The Balaban J connectivity index is 1.47. The molecule has 2 amide bonds. The van der Waals surface area contributed by atoms with Gasteiger partial charge in [0.2, 0.25) is 5.91 Å². The van der Waals surface area contributed by atoms with E-state index in [-0.39, 0.29) is 23.4 Å². The average molecular weight is 429 g/mol. The van der Waals surface area contributed by atoms with Crippen LogP contribution in [-0.2, 0) is 16.0 Å². The van der Waals surface area contributed by atoms with Crippen molar-refractivity contribution >= 4 is 11.8 Å². The minimum atomic E-state index is -0.797. The molecule has 6 nitrogen and oxygen atoms in total. The fourth-order valence-corrected chi connectivity index (χ4v) is 4.63. The molecule has 8 heteroatoms. The van der Waals surface area contributed by atoms with Crippen LogP contribution >= 0.6 is 0 Å². The maximum Gasteiger partial charge on any atom is 0.254 e. The van der Waals surface area contributed by atoms with Crippen LogP contribution in [0.5, 0.6) is 0 Å². The number of hydrogen-bond donors (Lipinski definition) is 1. The van der Waals surface area contributed by atoms with Crippen molar-refractivity contribution in [2.24, 2.45) is 11.3 Å². The molecule has 1 unspecified atom stereocenters. The molecule has 1 aromatic heterocycles. The van der Waals surface area contributed by atoms with Crippen LogP contribution < -0.4 is 5.32 Å². The third-order valence-corrected chi connectivity index (χ3v) is 6.31. The second-order valence-corrected chi connectivity index (χ2v) is 8.27. The number of carbonyl (C=O) groups is 2. The lowest BCUT2D eigenvalue weighted by Crippen LogP contribution is -2.44. The van der Waals surface area contributed by atoms with Crippen molar-refractivity contribution < 1.29 is 23.1 Å². The van der Waals surface area contributed by atoms with E-state index >= 15 is 0 Å². The SMILES string of the molecule is O=C(NCCc1ccncc1)C1CN(C(=O)c2cc(F)cc(F)c2)CC12CCOCC2. The fourth-order valence-electron chi connectivity index (χ4n) is 4.63. The highest BCUT2D eigenvalue weighted by molar-refractivity contribution is 5.95. The Morgan fingerprint density at radius 2 is 1.81 bits per heavy atom. The molecule has 2 aliphatic heterocycles. The summed E-state index contributed by atoms with van der Waals surface area (Å²) < 4.78 is 32.7. The van der Waals surface area contributed by atoms with Gasteiger partial charge in [0.15, 0.2) is 0 Å². The molecule has 3 heterocycles. The topological polar surface area (TPSA) is 71.5 Å². The van der Waals surface area contributed by atoms with Gasteiger partial charge in [-0.05, 0) is 49.1 Å². The van der Waals surface area contributed by atoms with E-state index in [4.69, 9.17) is 4.74 Å². The van der Waals surface area contributed by atoms with E-state index in [1.807, 2.05) is 12.1 Å². The predicted molar refractivity (Wildman–Crippen MR) is 109 cm³/mol. The van der Waals surface area contributed by atoms with Crippen molar-refractivity contribution in [1.29, 1.82) is 0 Å². The number of halogens is 2. The van der Waals surface area contributed by atoms with Crippen LogP contribution in [0.2, 0.25) is 0 Å². The van der Waals surface area contributed by atoms with Crippen molar-refractivity contribution in [3.63, 3.8) is 0 Å². The van der Waals surface area contributed by atoms with Crippen molar-refractivity contribution in [3.8, 4) is 0 Å². The predicted octanol–water partition coefficient (Wildman–Crippen LogP) is 2.59. The number of pyridine rings is 1. The number of nitrogens with zero attached hydrogens (tertiary/aromatic N) is 2. The lowest BCUT2D eigenvalue weighted by atomic mass is 9.71. The molecule has 164 valence electrons. The maximum atomic E-state index is 13.6. The third-order valence-electron chi connectivity index (χ3n) is 6.31. The summed E-state index contributed by atoms with van der Waals surface area (Å²) in [6, 6.07) is 6.61. The van der Waals surface area contributed by atoms with Crippen LogP contribution in [0.3, 0.4) is 0 Å². The van der Waals surface area contributed by atoms with Crippen LogP contribution in [-0.4, -0.2) is 54.5 Å². The van der Waals surface area contributed by atoms with Gasteiger partial charge in [-0.3, -0.25) is 14.6 Å². The Hall–Kier alpha value is -2.87. The molecular formula is C23H25F2N3O3. The van der Waals surface area contributed by atoms with Crippen molar-refractivity contribution in [2.75, 3.05) is 32.8 Å². The summed E-state index contributed by atoms with van der Waals surface area (Å²) in [6.45, 7) is 2.12. The normalized spacial score (nSPS) is 20.1. The molecule has 1 atom stereocenters. The van der Waals surface area contributed by atoms with Crippen LogP contribution in [0.4, 0.5) is 8.78 Å². The van der Waals surface area contributed by atoms with E-state index in [2.05, 4.69) is 10.3 Å². The first kappa shape index (κ1) is 21.4. The molecule has 0 radical (unpaired) electrons. The first-order chi connectivity index (χ1) is 15.0. The number of benzene rings is 1. The number of rotatable bonds is 5. The number of likely N-dealkylation sites (tertiary alicyclic amines) is 1. The van der Waals surface area contributed by atoms with Gasteiger partial charge in [0.05, 0.1) is 5.92 Å². The summed E-state index contributed by atoms with van der Waals surface area (Å²) in [5.41, 5.74) is 0.645. The molecular weight excluding hydrogens is 404 g/mol. The van der Waals surface area contributed by atoms with Gasteiger partial charge in [0.25, 0.3) is 5.91 Å². The first-order valence-electron chi connectivity index (χ1n) is 10.5. The van der Waals surface area contributed by atoms with Crippen molar-refractivity contribution in [2.45, 2.75) is 19.3 Å². The van der Waals surface area contributed by atoms with Crippen LogP contribution in [0.25, 0.3) is 0 Å². The van der Waals surface area contributed by atoms with E-state index in [1.54, 1.807) is 17.3 Å². The number of amides is 2. The lowest BCUT2D eigenvalue weighted by molar-refractivity contribution is -0.129. The minimum absolute atomic E-state index is 0.0431. The summed E-state index contributed by atoms with van der Waals surface area (Å²) in [5.74, 6) is -2.55. The Labute approximate surface area is 179 Å². The Bertz CT molecular complexity index is 928. The van der Waals surface area contributed by atoms with Gasteiger partial charge in [0.1, 0.15) is 11.6 Å². The van der Waals surface area contributed by atoms with Crippen molar-refractivity contribution in [3.05, 3.63) is 65.5 Å². The second kappa shape index (κ2) is 9.09. The Kier molecular flexibility index (Phi) is 6.27. The van der Waals surface area contributed by atoms with E-state index in [9.17, 15) is 18.4 Å². The van der Waals surface area contributed by atoms with Gasteiger partial charge in [-0.1, -0.05) is 0 Å². The van der Waals surface area contributed by atoms with Gasteiger partial charge >= 0.3 is 0 Å². The van der Waals surface area contributed by atoms with Crippen LogP contribution in [0.15, 0.2) is 42.7 Å². The summed E-state index contributed by atoms with van der Waals surface area (Å²) in [5, 5.41) is 3.00. The molecule has 2 saturated heterocycles. The number of aromatic nitrogens is 1. The van der Waals surface area contributed by atoms with Gasteiger partial charge in [-0.15, -0.1) is 0 Å². The molecule has 2 aromatic rings. The van der Waals surface area contributed by atoms with Crippen LogP contribution in [0, 0.1) is 23.0 Å². The molecule has 2 fully saturated rings. The monoisotopic (exact) mass is 429 g/mol. The zero-order valence-corrected chi connectivity index (χ0v) is 17.2. The highest BCUT2D eigenvalue weighted by Crippen LogP contribution is 2.44. The van der Waals surface area contributed by atoms with Gasteiger partial charge in [-0.2, -0.15) is 0 Å². The summed E-state index contributed by atoms with van der Waals surface area (Å²) in [7, 11) is 0. The highest BCUT2D eigenvalue weighted by atomic mass is 19.1. The number of hydrogen-bond acceptors (Lipinski definition) is 4. The number of ether oxygens (including phenoxy) is 1. The van der Waals surface area contributed by atoms with E-state index < -0.39 is 23.5 Å². The number of nitrogens with one attached hydrogen (secondary N) is 1. The molecule has 0 bridgehead atoms. The zero-order chi connectivity index (χ0) is 21.8. The largest absolute Gasteiger partial charge is 0.381 e.